The standard InChI is InChI=1S/C11H11FN2O3S2/c1-7-5-13-11(18-7)14-19(16,17)10-4-8(6-15)2-3-9(10)12/h2-5,15H,6H2,1H3,(H,13,14). The Morgan fingerprint density at radius 1 is 1.47 bits per heavy atom. The van der Waals surface area contributed by atoms with E-state index in [0.717, 1.165) is 28.3 Å². The molecule has 0 bridgehead atoms. The summed E-state index contributed by atoms with van der Waals surface area (Å²) >= 11 is 1.15. The van der Waals surface area contributed by atoms with Gasteiger partial charge in [0, 0.05) is 11.1 Å². The van der Waals surface area contributed by atoms with Crippen molar-refractivity contribution in [3.8, 4) is 0 Å². The van der Waals surface area contributed by atoms with Gasteiger partial charge in [0.15, 0.2) is 5.13 Å². The van der Waals surface area contributed by atoms with Crippen LogP contribution in [0.4, 0.5) is 9.52 Å². The van der Waals surface area contributed by atoms with Crippen molar-refractivity contribution in [2.24, 2.45) is 0 Å². The van der Waals surface area contributed by atoms with Gasteiger partial charge in [0.1, 0.15) is 10.7 Å². The van der Waals surface area contributed by atoms with E-state index in [1.807, 2.05) is 0 Å². The van der Waals surface area contributed by atoms with E-state index in [1.165, 1.54) is 12.3 Å². The molecule has 19 heavy (non-hydrogen) atoms. The molecule has 0 aliphatic heterocycles. The van der Waals surface area contributed by atoms with Crippen molar-refractivity contribution in [3.63, 3.8) is 0 Å². The third kappa shape index (κ3) is 3.09. The van der Waals surface area contributed by atoms with E-state index in [0.29, 0.717) is 5.56 Å². The number of benzene rings is 1. The summed E-state index contributed by atoms with van der Waals surface area (Å²) in [6.07, 6.45) is 1.52. The van der Waals surface area contributed by atoms with Gasteiger partial charge in [-0.15, -0.1) is 11.3 Å². The van der Waals surface area contributed by atoms with Crippen LogP contribution in [0.15, 0.2) is 29.3 Å². The first-order chi connectivity index (χ1) is 8.92. The van der Waals surface area contributed by atoms with Crippen molar-refractivity contribution in [3.05, 3.63) is 40.7 Å². The van der Waals surface area contributed by atoms with Crippen LogP contribution in [0.1, 0.15) is 10.4 Å². The van der Waals surface area contributed by atoms with Crippen LogP contribution in [-0.2, 0) is 16.6 Å². The molecule has 5 nitrogen and oxygen atoms in total. The van der Waals surface area contributed by atoms with Crippen LogP contribution in [0.3, 0.4) is 0 Å². The normalized spacial score (nSPS) is 11.5. The van der Waals surface area contributed by atoms with Gasteiger partial charge in [0.25, 0.3) is 10.0 Å². The zero-order chi connectivity index (χ0) is 14.0. The summed E-state index contributed by atoms with van der Waals surface area (Å²) in [5, 5.41) is 9.14. The van der Waals surface area contributed by atoms with Crippen molar-refractivity contribution in [1.29, 1.82) is 0 Å². The van der Waals surface area contributed by atoms with Gasteiger partial charge in [-0.3, -0.25) is 4.72 Å². The lowest BCUT2D eigenvalue weighted by Gasteiger charge is -2.07. The topological polar surface area (TPSA) is 79.3 Å². The molecule has 1 aromatic carbocycles. The number of nitrogens with zero attached hydrogens (tertiary/aromatic N) is 1. The minimum Gasteiger partial charge on any atom is -0.392 e. The Kier molecular flexibility index (Phi) is 3.83. The van der Waals surface area contributed by atoms with Gasteiger partial charge < -0.3 is 5.11 Å². The highest BCUT2D eigenvalue weighted by Gasteiger charge is 2.20. The first kappa shape index (κ1) is 13.9. The number of hydrogen-bond acceptors (Lipinski definition) is 5. The van der Waals surface area contributed by atoms with Gasteiger partial charge in [-0.1, -0.05) is 6.07 Å². The molecule has 0 fully saturated rings. The fourth-order valence-corrected chi connectivity index (χ4v) is 3.46. The number of aliphatic hydroxyl groups is 1. The maximum atomic E-state index is 13.6. The average molecular weight is 302 g/mol. The number of hydrogen-bond donors (Lipinski definition) is 2. The van der Waals surface area contributed by atoms with E-state index < -0.39 is 20.7 Å². The van der Waals surface area contributed by atoms with E-state index in [9.17, 15) is 12.8 Å². The quantitative estimate of drug-likeness (QED) is 0.904. The molecular formula is C11H11FN2O3S2. The number of aliphatic hydroxyl groups excluding tert-OH is 1. The number of rotatable bonds is 4. The lowest BCUT2D eigenvalue weighted by atomic mass is 10.2. The van der Waals surface area contributed by atoms with Crippen LogP contribution < -0.4 is 4.72 Å². The lowest BCUT2D eigenvalue weighted by molar-refractivity contribution is 0.281. The minimum atomic E-state index is -4.05. The van der Waals surface area contributed by atoms with Gasteiger partial charge in [0.2, 0.25) is 0 Å². The predicted octanol–water partition coefficient (Wildman–Crippen LogP) is 1.88. The van der Waals surface area contributed by atoms with E-state index in [4.69, 9.17) is 5.11 Å². The van der Waals surface area contributed by atoms with E-state index in [1.54, 1.807) is 6.92 Å². The zero-order valence-corrected chi connectivity index (χ0v) is 11.6. The second-order valence-electron chi connectivity index (χ2n) is 3.80. The Morgan fingerprint density at radius 2 is 2.21 bits per heavy atom. The molecule has 0 spiro atoms. The monoisotopic (exact) mass is 302 g/mol. The second kappa shape index (κ2) is 5.24. The fourth-order valence-electron chi connectivity index (χ4n) is 1.42. The van der Waals surface area contributed by atoms with Crippen molar-refractivity contribution in [1.82, 2.24) is 4.98 Å². The molecule has 0 radical (unpaired) electrons. The molecule has 0 aliphatic rings. The van der Waals surface area contributed by atoms with E-state index in [2.05, 4.69) is 9.71 Å². The number of halogens is 1. The number of thiazole rings is 1. The summed E-state index contributed by atoms with van der Waals surface area (Å²) in [4.78, 5) is 4.18. The number of anilines is 1. The Hall–Kier alpha value is -1.51. The molecule has 0 unspecified atom stereocenters. The molecule has 0 saturated carbocycles. The summed E-state index contributed by atoms with van der Waals surface area (Å²) in [5.41, 5.74) is 0.317. The largest absolute Gasteiger partial charge is 0.392 e. The fraction of sp³-hybridized carbons (Fsp3) is 0.182. The molecule has 2 rings (SSSR count). The maximum absolute atomic E-state index is 13.6. The summed E-state index contributed by atoms with van der Waals surface area (Å²) in [5.74, 6) is -0.877. The number of aromatic nitrogens is 1. The second-order valence-corrected chi connectivity index (χ2v) is 6.69. The van der Waals surface area contributed by atoms with Crippen LogP contribution in [0.25, 0.3) is 0 Å². The minimum absolute atomic E-state index is 0.173. The SMILES string of the molecule is Cc1cnc(NS(=O)(=O)c2cc(CO)ccc2F)s1. The van der Waals surface area contributed by atoms with Gasteiger partial charge in [0.05, 0.1) is 6.61 Å². The first-order valence-corrected chi connectivity index (χ1v) is 7.57. The van der Waals surface area contributed by atoms with Gasteiger partial charge in [-0.2, -0.15) is 0 Å². The Balaban J connectivity index is 2.39. The summed E-state index contributed by atoms with van der Waals surface area (Å²) in [6.45, 7) is 1.42. The lowest BCUT2D eigenvalue weighted by Crippen LogP contribution is -2.14. The summed E-state index contributed by atoms with van der Waals surface area (Å²) < 4.78 is 39.9. The Bertz CT molecular complexity index is 698. The highest BCUT2D eigenvalue weighted by Crippen LogP contribution is 2.23. The molecule has 2 aromatic rings. The number of nitrogens with one attached hydrogen (secondary N) is 1. The summed E-state index contributed by atoms with van der Waals surface area (Å²) in [6, 6.07) is 3.42. The highest BCUT2D eigenvalue weighted by molar-refractivity contribution is 7.93. The molecule has 1 aromatic heterocycles. The number of aryl methyl sites for hydroxylation is 1. The maximum Gasteiger partial charge on any atom is 0.266 e. The van der Waals surface area contributed by atoms with Gasteiger partial charge in [-0.05, 0) is 24.6 Å². The third-order valence-corrected chi connectivity index (χ3v) is 4.62. The van der Waals surface area contributed by atoms with Crippen LogP contribution >= 0.6 is 11.3 Å². The molecule has 1 heterocycles. The average Bonchev–Trinajstić information content (AvgIpc) is 2.74. The first-order valence-electron chi connectivity index (χ1n) is 5.27. The molecule has 0 saturated heterocycles. The smallest absolute Gasteiger partial charge is 0.266 e. The molecule has 0 atom stereocenters. The van der Waals surface area contributed by atoms with Crippen LogP contribution in [0, 0.1) is 12.7 Å². The van der Waals surface area contributed by atoms with Crippen molar-refractivity contribution in [2.45, 2.75) is 18.4 Å². The van der Waals surface area contributed by atoms with Crippen LogP contribution in [0.2, 0.25) is 0 Å². The predicted molar refractivity (Wildman–Crippen MR) is 70.0 cm³/mol. The number of sulfonamides is 1. The highest BCUT2D eigenvalue weighted by atomic mass is 32.2. The van der Waals surface area contributed by atoms with Crippen LogP contribution in [0.5, 0.6) is 0 Å². The third-order valence-electron chi connectivity index (χ3n) is 2.31. The summed E-state index contributed by atoms with van der Waals surface area (Å²) in [7, 11) is -4.05. The molecule has 0 aliphatic carbocycles. The van der Waals surface area contributed by atoms with Crippen molar-refractivity contribution >= 4 is 26.5 Å². The van der Waals surface area contributed by atoms with Crippen molar-refractivity contribution in [2.75, 3.05) is 4.72 Å². The van der Waals surface area contributed by atoms with Crippen LogP contribution in [-0.4, -0.2) is 18.5 Å². The van der Waals surface area contributed by atoms with E-state index in [-0.39, 0.29) is 11.7 Å². The Morgan fingerprint density at radius 3 is 2.79 bits per heavy atom. The van der Waals surface area contributed by atoms with Crippen molar-refractivity contribution < 1.29 is 17.9 Å². The molecule has 0 amide bonds. The zero-order valence-electron chi connectivity index (χ0n) is 9.92. The van der Waals surface area contributed by atoms with Gasteiger partial charge >= 0.3 is 0 Å². The molecule has 2 N–H and O–H groups in total. The molecular weight excluding hydrogens is 291 g/mol. The van der Waals surface area contributed by atoms with E-state index >= 15 is 0 Å². The molecule has 102 valence electrons. The molecule has 8 heteroatoms. The van der Waals surface area contributed by atoms with Gasteiger partial charge in [-0.25, -0.2) is 17.8 Å². The Labute approximate surface area is 113 Å².